The molecule has 0 aliphatic carbocycles. The van der Waals surface area contributed by atoms with Gasteiger partial charge in [-0.1, -0.05) is 36.4 Å². The third kappa shape index (κ3) is 5.27. The minimum Gasteiger partial charge on any atom is -0.497 e. The zero-order valence-corrected chi connectivity index (χ0v) is 16.9. The summed E-state index contributed by atoms with van der Waals surface area (Å²) in [5.41, 5.74) is 3.43. The van der Waals surface area contributed by atoms with Gasteiger partial charge in [0, 0.05) is 29.7 Å². The fraction of sp³-hybridized carbons (Fsp3) is 0.261. The number of methoxy groups -OCH3 is 1. The number of carbonyl (C=O) groups is 1. The summed E-state index contributed by atoms with van der Waals surface area (Å²) in [5, 5.41) is 12.0. The van der Waals surface area contributed by atoms with Crippen molar-refractivity contribution in [3.63, 3.8) is 0 Å². The Bertz CT molecular complexity index is 1070. The van der Waals surface area contributed by atoms with Crippen molar-refractivity contribution in [2.24, 2.45) is 0 Å². The van der Waals surface area contributed by atoms with E-state index in [9.17, 15) is 23.1 Å². The number of nitrogens with one attached hydrogen (secondary N) is 1. The number of benzene rings is 2. The molecule has 0 unspecified atom stereocenters. The van der Waals surface area contributed by atoms with Crippen LogP contribution in [0.15, 0.2) is 54.6 Å². The summed E-state index contributed by atoms with van der Waals surface area (Å²) in [6.45, 7) is 0.171. The lowest BCUT2D eigenvalue weighted by molar-refractivity contribution is -0.173. The molecule has 164 valence electrons. The molecule has 2 aromatic carbocycles. The number of hydrogen-bond acceptors (Lipinski definition) is 3. The molecule has 1 heterocycles. The molecular formula is C23H23F3N2O3. The summed E-state index contributed by atoms with van der Waals surface area (Å²) in [4.78, 5) is 11.2. The van der Waals surface area contributed by atoms with Crippen molar-refractivity contribution in [2.75, 3.05) is 20.3 Å². The number of aliphatic hydroxyl groups is 1. The zero-order chi connectivity index (χ0) is 22.4. The normalized spacial score (nSPS) is 11.9. The number of halogens is 3. The van der Waals surface area contributed by atoms with Gasteiger partial charge in [0.25, 0.3) is 0 Å². The highest BCUT2D eigenvalue weighted by molar-refractivity contribution is 5.90. The molecule has 0 saturated heterocycles. The van der Waals surface area contributed by atoms with Crippen LogP contribution in [0.2, 0.25) is 0 Å². The predicted octanol–water partition coefficient (Wildman–Crippen LogP) is 3.92. The van der Waals surface area contributed by atoms with Crippen LogP contribution in [0.5, 0.6) is 5.75 Å². The van der Waals surface area contributed by atoms with E-state index in [0.717, 1.165) is 27.7 Å². The van der Waals surface area contributed by atoms with Gasteiger partial charge in [-0.3, -0.25) is 4.79 Å². The van der Waals surface area contributed by atoms with E-state index in [1.54, 1.807) is 12.2 Å². The Morgan fingerprint density at radius 1 is 1.19 bits per heavy atom. The van der Waals surface area contributed by atoms with E-state index in [0.29, 0.717) is 12.3 Å². The van der Waals surface area contributed by atoms with Gasteiger partial charge in [-0.2, -0.15) is 13.2 Å². The quantitative estimate of drug-likeness (QED) is 0.567. The van der Waals surface area contributed by atoms with Crippen LogP contribution in [-0.2, 0) is 17.8 Å². The molecule has 0 saturated carbocycles. The zero-order valence-electron chi connectivity index (χ0n) is 16.9. The molecule has 3 aromatic rings. The first-order chi connectivity index (χ1) is 14.8. The molecule has 2 N–H and O–H groups in total. The summed E-state index contributed by atoms with van der Waals surface area (Å²) in [6, 6.07) is 15.3. The van der Waals surface area contributed by atoms with Gasteiger partial charge in [-0.25, -0.2) is 0 Å². The monoisotopic (exact) mass is 432 g/mol. The van der Waals surface area contributed by atoms with Crippen molar-refractivity contribution in [3.05, 3.63) is 71.4 Å². The number of rotatable bonds is 8. The van der Waals surface area contributed by atoms with Crippen molar-refractivity contribution in [1.29, 1.82) is 0 Å². The molecule has 0 bridgehead atoms. The van der Waals surface area contributed by atoms with E-state index >= 15 is 0 Å². The highest BCUT2D eigenvalue weighted by atomic mass is 19.4. The lowest BCUT2D eigenvalue weighted by Gasteiger charge is -2.11. The summed E-state index contributed by atoms with van der Waals surface area (Å²) in [6.07, 6.45) is -1.43. The molecule has 0 radical (unpaired) electrons. The Kier molecular flexibility index (Phi) is 7.02. The second-order valence-electron chi connectivity index (χ2n) is 6.91. The first-order valence-electron chi connectivity index (χ1n) is 9.70. The Labute approximate surface area is 177 Å². The smallest absolute Gasteiger partial charge is 0.471 e. The average molecular weight is 432 g/mol. The third-order valence-electron chi connectivity index (χ3n) is 4.90. The maximum Gasteiger partial charge on any atom is 0.471 e. The second-order valence-corrected chi connectivity index (χ2v) is 6.91. The van der Waals surface area contributed by atoms with Crippen molar-refractivity contribution < 1.29 is 27.8 Å². The van der Waals surface area contributed by atoms with Crippen LogP contribution in [0.3, 0.4) is 0 Å². The van der Waals surface area contributed by atoms with Gasteiger partial charge in [-0.05, 0) is 41.8 Å². The van der Waals surface area contributed by atoms with Crippen LogP contribution < -0.4 is 10.1 Å². The summed E-state index contributed by atoms with van der Waals surface area (Å²) >= 11 is 0. The number of aromatic nitrogens is 1. The van der Waals surface area contributed by atoms with Gasteiger partial charge < -0.3 is 19.7 Å². The molecule has 8 heteroatoms. The fourth-order valence-corrected chi connectivity index (χ4v) is 3.51. The number of nitrogens with zero attached hydrogens (tertiary/aromatic N) is 1. The van der Waals surface area contributed by atoms with Crippen molar-refractivity contribution in [1.82, 2.24) is 9.88 Å². The average Bonchev–Trinajstić information content (AvgIpc) is 3.04. The molecule has 0 spiro atoms. The number of aliphatic hydroxyl groups excluding tert-OH is 1. The van der Waals surface area contributed by atoms with Crippen LogP contribution in [0, 0.1) is 0 Å². The van der Waals surface area contributed by atoms with Gasteiger partial charge in [0.05, 0.1) is 13.7 Å². The van der Waals surface area contributed by atoms with Crippen molar-refractivity contribution >= 4 is 22.9 Å². The molecular weight excluding hydrogens is 409 g/mol. The molecule has 0 fully saturated rings. The Balaban J connectivity index is 2.06. The molecule has 0 aliphatic rings. The topological polar surface area (TPSA) is 63.5 Å². The minimum atomic E-state index is -4.93. The summed E-state index contributed by atoms with van der Waals surface area (Å²) in [5.74, 6) is -1.35. The molecule has 31 heavy (non-hydrogen) atoms. The first-order valence-corrected chi connectivity index (χ1v) is 9.70. The Morgan fingerprint density at radius 2 is 1.94 bits per heavy atom. The van der Waals surface area contributed by atoms with E-state index in [2.05, 4.69) is 0 Å². The molecule has 5 nitrogen and oxygen atoms in total. The van der Waals surface area contributed by atoms with Crippen LogP contribution in [-0.4, -0.2) is 42.0 Å². The number of alkyl halides is 3. The number of ether oxygens (including phenoxy) is 1. The van der Waals surface area contributed by atoms with Gasteiger partial charge in [0.15, 0.2) is 0 Å². The van der Waals surface area contributed by atoms with Gasteiger partial charge in [0.1, 0.15) is 5.75 Å². The highest BCUT2D eigenvalue weighted by Gasteiger charge is 2.38. The largest absolute Gasteiger partial charge is 0.497 e. The van der Waals surface area contributed by atoms with E-state index < -0.39 is 12.1 Å². The lowest BCUT2D eigenvalue weighted by Crippen LogP contribution is -2.37. The number of amides is 1. The van der Waals surface area contributed by atoms with E-state index in [-0.39, 0.29) is 19.6 Å². The SMILES string of the molecule is COc1ccc2c(c1)c(CCNC(=O)C(F)(F)F)c(/C=C/CO)n2Cc1ccccc1. The maximum atomic E-state index is 12.5. The first kappa shape index (κ1) is 22.4. The van der Waals surface area contributed by atoms with Crippen LogP contribution in [0.1, 0.15) is 16.8 Å². The van der Waals surface area contributed by atoms with E-state index in [4.69, 9.17) is 4.74 Å². The molecule has 0 aliphatic heterocycles. The highest BCUT2D eigenvalue weighted by Crippen LogP contribution is 2.32. The Morgan fingerprint density at radius 3 is 2.58 bits per heavy atom. The van der Waals surface area contributed by atoms with Crippen LogP contribution in [0.25, 0.3) is 17.0 Å². The summed E-state index contributed by atoms with van der Waals surface area (Å²) in [7, 11) is 1.54. The molecule has 3 rings (SSSR count). The second kappa shape index (κ2) is 9.70. The summed E-state index contributed by atoms with van der Waals surface area (Å²) < 4.78 is 45.0. The van der Waals surface area contributed by atoms with Crippen molar-refractivity contribution in [2.45, 2.75) is 19.1 Å². The molecule has 1 amide bonds. The van der Waals surface area contributed by atoms with Gasteiger partial charge in [0.2, 0.25) is 0 Å². The minimum absolute atomic E-state index is 0.179. The standard InChI is InChI=1S/C23H23F3N2O3/c1-31-17-9-10-21-19(14-17)18(11-12-27-22(30)23(24,25)26)20(8-5-13-29)28(21)15-16-6-3-2-4-7-16/h2-10,14,29H,11-13,15H2,1H3,(H,27,30)/b8-5+. The van der Waals surface area contributed by atoms with E-state index in [1.807, 2.05) is 58.4 Å². The third-order valence-corrected chi connectivity index (χ3v) is 4.90. The van der Waals surface area contributed by atoms with E-state index in [1.165, 1.54) is 7.11 Å². The Hall–Kier alpha value is -3.26. The van der Waals surface area contributed by atoms with Crippen LogP contribution >= 0.6 is 0 Å². The predicted molar refractivity (Wildman–Crippen MR) is 113 cm³/mol. The van der Waals surface area contributed by atoms with Gasteiger partial charge >= 0.3 is 12.1 Å². The molecule has 0 atom stereocenters. The number of carbonyl (C=O) groups excluding carboxylic acids is 1. The number of fused-ring (bicyclic) bond motifs is 1. The fourth-order valence-electron chi connectivity index (χ4n) is 3.51. The van der Waals surface area contributed by atoms with Crippen LogP contribution in [0.4, 0.5) is 13.2 Å². The van der Waals surface area contributed by atoms with Gasteiger partial charge in [-0.15, -0.1) is 0 Å². The number of hydrogen-bond donors (Lipinski definition) is 2. The van der Waals surface area contributed by atoms with Crippen molar-refractivity contribution in [3.8, 4) is 5.75 Å². The molecule has 1 aromatic heterocycles. The lowest BCUT2D eigenvalue weighted by atomic mass is 10.1. The maximum absolute atomic E-state index is 12.5.